The first-order valence-corrected chi connectivity index (χ1v) is 4.06. The Balaban J connectivity index is 3.47. The third-order valence-electron chi connectivity index (χ3n) is 1.26. The summed E-state index contributed by atoms with van der Waals surface area (Å²) in [6, 6.07) is 1.61. The van der Waals surface area contributed by atoms with Gasteiger partial charge in [-0.15, -0.1) is 0 Å². The van der Waals surface area contributed by atoms with Gasteiger partial charge in [-0.25, -0.2) is 4.79 Å². The predicted octanol–water partition coefficient (Wildman–Crippen LogP) is 0.665. The van der Waals surface area contributed by atoms with Gasteiger partial charge in [0.25, 0.3) is 5.91 Å². The Morgan fingerprint density at radius 1 is 1.54 bits per heavy atom. The number of rotatable bonds is 4. The van der Waals surface area contributed by atoms with Crippen molar-refractivity contribution in [3.63, 3.8) is 0 Å². The quantitative estimate of drug-likeness (QED) is 0.651. The molecule has 0 spiro atoms. The molecule has 72 valence electrons. The minimum absolute atomic E-state index is 0.330. The standard InChI is InChI=1S/C8H12N2O3/c1-2-3-4-7(11)10-13-8(12)5-6-9/h2-5H2,1H3,(H,10,11). The van der Waals surface area contributed by atoms with E-state index in [0.29, 0.717) is 6.42 Å². The van der Waals surface area contributed by atoms with Crippen LogP contribution < -0.4 is 5.48 Å². The number of amides is 1. The Morgan fingerprint density at radius 3 is 2.77 bits per heavy atom. The van der Waals surface area contributed by atoms with Gasteiger partial charge in [0.05, 0.1) is 6.07 Å². The summed E-state index contributed by atoms with van der Waals surface area (Å²) in [4.78, 5) is 25.7. The van der Waals surface area contributed by atoms with E-state index < -0.39 is 5.97 Å². The van der Waals surface area contributed by atoms with Crippen molar-refractivity contribution in [2.24, 2.45) is 0 Å². The van der Waals surface area contributed by atoms with Crippen LogP contribution in [0.3, 0.4) is 0 Å². The van der Waals surface area contributed by atoms with Gasteiger partial charge in [0.2, 0.25) is 0 Å². The van der Waals surface area contributed by atoms with E-state index in [1.165, 1.54) is 0 Å². The Labute approximate surface area is 76.6 Å². The van der Waals surface area contributed by atoms with Crippen LogP contribution in [-0.2, 0) is 14.4 Å². The van der Waals surface area contributed by atoms with Crippen molar-refractivity contribution in [1.29, 1.82) is 5.26 Å². The Morgan fingerprint density at radius 2 is 2.23 bits per heavy atom. The van der Waals surface area contributed by atoms with Gasteiger partial charge in [-0.2, -0.15) is 10.7 Å². The summed E-state index contributed by atoms with van der Waals surface area (Å²) >= 11 is 0. The third-order valence-corrected chi connectivity index (χ3v) is 1.26. The molecule has 0 aromatic carbocycles. The summed E-state index contributed by atoms with van der Waals surface area (Å²) in [5, 5.41) is 8.08. The number of carbonyl (C=O) groups excluding carboxylic acids is 2. The highest BCUT2D eigenvalue weighted by atomic mass is 16.7. The minimum atomic E-state index is -0.743. The van der Waals surface area contributed by atoms with Crippen molar-refractivity contribution in [2.45, 2.75) is 32.6 Å². The summed E-state index contributed by atoms with van der Waals surface area (Å²) in [6.45, 7) is 1.95. The summed E-state index contributed by atoms with van der Waals surface area (Å²) in [6.07, 6.45) is 1.63. The molecular weight excluding hydrogens is 172 g/mol. The molecule has 5 heteroatoms. The van der Waals surface area contributed by atoms with Crippen molar-refractivity contribution in [3.8, 4) is 6.07 Å². The molecular formula is C8H12N2O3. The molecule has 0 saturated heterocycles. The maximum Gasteiger partial charge on any atom is 0.346 e. The van der Waals surface area contributed by atoms with Gasteiger partial charge in [-0.3, -0.25) is 4.79 Å². The zero-order valence-corrected chi connectivity index (χ0v) is 7.50. The van der Waals surface area contributed by atoms with Gasteiger partial charge in [-0.05, 0) is 6.42 Å². The molecule has 1 N–H and O–H groups in total. The summed E-state index contributed by atoms with van der Waals surface area (Å²) < 4.78 is 0. The van der Waals surface area contributed by atoms with Crippen molar-refractivity contribution >= 4 is 11.9 Å². The average Bonchev–Trinajstić information content (AvgIpc) is 2.12. The van der Waals surface area contributed by atoms with Gasteiger partial charge in [0.15, 0.2) is 0 Å². The first-order chi connectivity index (χ1) is 6.20. The highest BCUT2D eigenvalue weighted by Crippen LogP contribution is 1.93. The zero-order valence-electron chi connectivity index (χ0n) is 7.50. The van der Waals surface area contributed by atoms with Crippen LogP contribution in [-0.4, -0.2) is 11.9 Å². The molecule has 5 nitrogen and oxygen atoms in total. The van der Waals surface area contributed by atoms with Gasteiger partial charge >= 0.3 is 5.97 Å². The maximum absolute atomic E-state index is 10.8. The number of nitrogens with zero attached hydrogens (tertiary/aromatic N) is 1. The lowest BCUT2D eigenvalue weighted by molar-refractivity contribution is -0.157. The fourth-order valence-corrected chi connectivity index (χ4v) is 0.603. The molecule has 0 aromatic rings. The smallest absolute Gasteiger partial charge is 0.340 e. The number of carbonyl (C=O) groups is 2. The molecule has 0 aliphatic rings. The highest BCUT2D eigenvalue weighted by molar-refractivity contribution is 5.78. The number of unbranched alkanes of at least 4 members (excludes halogenated alkanes) is 1. The fraction of sp³-hybridized carbons (Fsp3) is 0.625. The normalized spacial score (nSPS) is 8.62. The van der Waals surface area contributed by atoms with E-state index in [4.69, 9.17) is 5.26 Å². The molecule has 0 bridgehead atoms. The Kier molecular flexibility index (Phi) is 6.24. The van der Waals surface area contributed by atoms with Gasteiger partial charge < -0.3 is 4.84 Å². The molecule has 0 radical (unpaired) electrons. The van der Waals surface area contributed by atoms with E-state index in [0.717, 1.165) is 12.8 Å². The lowest BCUT2D eigenvalue weighted by Crippen LogP contribution is -2.26. The second kappa shape index (κ2) is 7.10. The molecule has 0 unspecified atom stereocenters. The fourth-order valence-electron chi connectivity index (χ4n) is 0.603. The monoisotopic (exact) mass is 184 g/mol. The van der Waals surface area contributed by atoms with Crippen LogP contribution in [0.25, 0.3) is 0 Å². The number of hydrogen-bond donors (Lipinski definition) is 1. The summed E-state index contributed by atoms with van der Waals surface area (Å²) in [7, 11) is 0. The van der Waals surface area contributed by atoms with Crippen LogP contribution in [0, 0.1) is 11.3 Å². The molecule has 0 heterocycles. The van der Waals surface area contributed by atoms with E-state index in [1.54, 1.807) is 6.07 Å². The van der Waals surface area contributed by atoms with Crippen LogP contribution in [0.2, 0.25) is 0 Å². The largest absolute Gasteiger partial charge is 0.346 e. The zero-order chi connectivity index (χ0) is 10.1. The molecule has 0 fully saturated rings. The molecule has 0 aliphatic heterocycles. The van der Waals surface area contributed by atoms with Crippen LogP contribution >= 0.6 is 0 Å². The lowest BCUT2D eigenvalue weighted by atomic mass is 10.2. The van der Waals surface area contributed by atoms with Crippen molar-refractivity contribution in [2.75, 3.05) is 0 Å². The van der Waals surface area contributed by atoms with Crippen molar-refractivity contribution in [1.82, 2.24) is 5.48 Å². The molecule has 0 saturated carbocycles. The second-order valence-corrected chi connectivity index (χ2v) is 2.44. The number of nitrogens with one attached hydrogen (secondary N) is 1. The average molecular weight is 184 g/mol. The van der Waals surface area contributed by atoms with E-state index in [-0.39, 0.29) is 12.3 Å². The maximum atomic E-state index is 10.8. The van der Waals surface area contributed by atoms with E-state index in [1.807, 2.05) is 12.4 Å². The minimum Gasteiger partial charge on any atom is -0.340 e. The molecule has 13 heavy (non-hydrogen) atoms. The summed E-state index contributed by atoms with van der Waals surface area (Å²) in [5.41, 5.74) is 1.96. The van der Waals surface area contributed by atoms with Crippen LogP contribution in [0.4, 0.5) is 0 Å². The van der Waals surface area contributed by atoms with E-state index >= 15 is 0 Å². The molecule has 0 rings (SSSR count). The van der Waals surface area contributed by atoms with Crippen LogP contribution in [0.15, 0.2) is 0 Å². The first kappa shape index (κ1) is 11.4. The third kappa shape index (κ3) is 6.81. The van der Waals surface area contributed by atoms with Gasteiger partial charge in [-0.1, -0.05) is 13.3 Å². The van der Waals surface area contributed by atoms with E-state index in [2.05, 4.69) is 4.84 Å². The lowest BCUT2D eigenvalue weighted by Gasteiger charge is -2.02. The van der Waals surface area contributed by atoms with E-state index in [9.17, 15) is 9.59 Å². The molecule has 0 aromatic heterocycles. The van der Waals surface area contributed by atoms with Crippen molar-refractivity contribution < 1.29 is 14.4 Å². The Bertz CT molecular complexity index is 220. The van der Waals surface area contributed by atoms with Crippen LogP contribution in [0.5, 0.6) is 0 Å². The van der Waals surface area contributed by atoms with Crippen molar-refractivity contribution in [3.05, 3.63) is 0 Å². The molecule has 1 amide bonds. The Hall–Kier alpha value is -1.57. The SMILES string of the molecule is CCCCC(=O)NOC(=O)CC#N. The van der Waals surface area contributed by atoms with Gasteiger partial charge in [0, 0.05) is 6.42 Å². The number of hydrogen-bond acceptors (Lipinski definition) is 4. The topological polar surface area (TPSA) is 79.2 Å². The number of hydroxylamine groups is 1. The molecule has 0 aliphatic carbocycles. The van der Waals surface area contributed by atoms with Crippen LogP contribution in [0.1, 0.15) is 32.6 Å². The summed E-state index contributed by atoms with van der Waals surface area (Å²) in [5.74, 6) is -1.08. The predicted molar refractivity (Wildman–Crippen MR) is 44.0 cm³/mol. The number of nitriles is 1. The van der Waals surface area contributed by atoms with Gasteiger partial charge in [0.1, 0.15) is 6.42 Å². The molecule has 0 atom stereocenters. The highest BCUT2D eigenvalue weighted by Gasteiger charge is 2.04. The second-order valence-electron chi connectivity index (χ2n) is 2.44. The first-order valence-electron chi connectivity index (χ1n) is 4.06.